The fraction of sp³-hybridized carbons (Fsp3) is 0.100. The van der Waals surface area contributed by atoms with Crippen molar-refractivity contribution in [1.82, 2.24) is 25.1 Å². The molecule has 0 amide bonds. The normalized spacial score (nSPS) is 18.6. The Bertz CT molecular complexity index is 1010. The molecule has 1 aliphatic rings. The summed E-state index contributed by atoms with van der Waals surface area (Å²) in [5, 5.41) is 9.78. The van der Waals surface area contributed by atoms with Gasteiger partial charge in [0.25, 0.3) is 0 Å². The van der Waals surface area contributed by atoms with Crippen LogP contribution in [-0.2, 0) is 11.8 Å². The number of H-pyrrole nitrogens is 1. The molecule has 1 aromatic carbocycles. The molecule has 0 saturated heterocycles. The summed E-state index contributed by atoms with van der Waals surface area (Å²) in [5.41, 5.74) is 7.68. The molecule has 26 heavy (non-hydrogen) atoms. The summed E-state index contributed by atoms with van der Waals surface area (Å²) in [4.78, 5) is 13.1. The SMILES string of the molecule is C1=CC(c2ccccc2)(c2ccncn2)Cc2[nH]nc(-c3cscn3)c21. The quantitative estimate of drug-likeness (QED) is 0.604. The standard InChI is InChI=1S/C20H15N5S/c1-2-4-14(5-3-1)20(18-7-9-21-12-22-18)8-6-15-16(10-20)24-25-19(15)17-11-26-13-23-17/h1-9,11-13H,10H2,(H,24,25). The van der Waals surface area contributed by atoms with Crippen LogP contribution in [0.1, 0.15) is 22.5 Å². The molecule has 3 heterocycles. The maximum absolute atomic E-state index is 4.57. The van der Waals surface area contributed by atoms with Crippen LogP contribution in [0.4, 0.5) is 0 Å². The summed E-state index contributed by atoms with van der Waals surface area (Å²) in [5.74, 6) is 0. The third-order valence-corrected chi connectivity index (χ3v) is 5.46. The van der Waals surface area contributed by atoms with E-state index in [1.165, 1.54) is 5.56 Å². The molecule has 0 aliphatic heterocycles. The van der Waals surface area contributed by atoms with E-state index in [1.807, 2.05) is 23.0 Å². The maximum atomic E-state index is 4.57. The average molecular weight is 357 g/mol. The number of nitrogens with zero attached hydrogens (tertiary/aromatic N) is 4. The Kier molecular flexibility index (Phi) is 3.50. The van der Waals surface area contributed by atoms with E-state index in [-0.39, 0.29) is 5.41 Å². The van der Waals surface area contributed by atoms with Gasteiger partial charge in [0, 0.05) is 29.3 Å². The van der Waals surface area contributed by atoms with Crippen LogP contribution in [0.15, 0.2) is 65.9 Å². The zero-order chi connectivity index (χ0) is 17.4. The van der Waals surface area contributed by atoms with Crippen molar-refractivity contribution in [2.75, 3.05) is 0 Å². The molecule has 0 radical (unpaired) electrons. The van der Waals surface area contributed by atoms with Gasteiger partial charge in [0.2, 0.25) is 0 Å². The van der Waals surface area contributed by atoms with Crippen molar-refractivity contribution in [2.45, 2.75) is 11.8 Å². The van der Waals surface area contributed by atoms with E-state index in [4.69, 9.17) is 0 Å². The minimum absolute atomic E-state index is 0.344. The summed E-state index contributed by atoms with van der Waals surface area (Å²) in [7, 11) is 0. The van der Waals surface area contributed by atoms with Gasteiger partial charge in [-0.3, -0.25) is 5.10 Å². The minimum atomic E-state index is -0.344. The first-order valence-corrected chi connectivity index (χ1v) is 9.28. The lowest BCUT2D eigenvalue weighted by molar-refractivity contribution is 0.598. The molecule has 126 valence electrons. The third-order valence-electron chi connectivity index (χ3n) is 4.88. The van der Waals surface area contributed by atoms with E-state index in [2.05, 4.69) is 61.6 Å². The number of nitrogens with one attached hydrogen (secondary N) is 1. The predicted octanol–water partition coefficient (Wildman–Crippen LogP) is 3.88. The summed E-state index contributed by atoms with van der Waals surface area (Å²) in [6.07, 6.45) is 8.54. The summed E-state index contributed by atoms with van der Waals surface area (Å²) in [6.45, 7) is 0. The van der Waals surface area contributed by atoms with Crippen LogP contribution in [0.2, 0.25) is 0 Å². The number of aromatic nitrogens is 5. The second kappa shape index (κ2) is 6.00. The van der Waals surface area contributed by atoms with E-state index < -0.39 is 0 Å². The second-order valence-corrected chi connectivity index (χ2v) is 7.00. The smallest absolute Gasteiger partial charge is 0.119 e. The molecule has 1 atom stereocenters. The molecule has 4 aromatic rings. The van der Waals surface area contributed by atoms with Gasteiger partial charge in [0.15, 0.2) is 0 Å². The highest BCUT2D eigenvalue weighted by molar-refractivity contribution is 7.07. The molecule has 3 aromatic heterocycles. The molecule has 0 fully saturated rings. The van der Waals surface area contributed by atoms with Crippen molar-refractivity contribution < 1.29 is 0 Å². The monoisotopic (exact) mass is 357 g/mol. The zero-order valence-electron chi connectivity index (χ0n) is 13.8. The van der Waals surface area contributed by atoms with Crippen LogP contribution < -0.4 is 0 Å². The van der Waals surface area contributed by atoms with Gasteiger partial charge in [0.05, 0.1) is 16.6 Å². The fourth-order valence-corrected chi connectivity index (χ4v) is 4.14. The fourth-order valence-electron chi connectivity index (χ4n) is 3.60. The largest absolute Gasteiger partial charge is 0.281 e. The molecular weight excluding hydrogens is 342 g/mol. The van der Waals surface area contributed by atoms with Crippen molar-refractivity contribution in [3.63, 3.8) is 0 Å². The summed E-state index contributed by atoms with van der Waals surface area (Å²) >= 11 is 1.58. The molecule has 6 heteroatoms. The molecule has 0 bridgehead atoms. The van der Waals surface area contributed by atoms with Gasteiger partial charge < -0.3 is 0 Å². The number of benzene rings is 1. The van der Waals surface area contributed by atoms with E-state index in [1.54, 1.807) is 23.9 Å². The number of allylic oxidation sites excluding steroid dienone is 1. The first-order chi connectivity index (χ1) is 12.9. The Morgan fingerprint density at radius 3 is 2.77 bits per heavy atom. The Balaban J connectivity index is 1.67. The van der Waals surface area contributed by atoms with Gasteiger partial charge in [-0.1, -0.05) is 42.5 Å². The Hall–Kier alpha value is -3.12. The highest BCUT2D eigenvalue weighted by Gasteiger charge is 2.37. The van der Waals surface area contributed by atoms with Crippen LogP contribution in [0.3, 0.4) is 0 Å². The first-order valence-electron chi connectivity index (χ1n) is 8.34. The minimum Gasteiger partial charge on any atom is -0.281 e. The van der Waals surface area contributed by atoms with Gasteiger partial charge in [-0.15, -0.1) is 11.3 Å². The van der Waals surface area contributed by atoms with Crippen molar-refractivity contribution in [1.29, 1.82) is 0 Å². The summed E-state index contributed by atoms with van der Waals surface area (Å²) in [6, 6.07) is 12.4. The molecule has 1 N–H and O–H groups in total. The molecule has 5 nitrogen and oxygen atoms in total. The highest BCUT2D eigenvalue weighted by Crippen LogP contribution is 2.41. The van der Waals surface area contributed by atoms with Gasteiger partial charge in [-0.2, -0.15) is 5.10 Å². The number of rotatable bonds is 3. The van der Waals surface area contributed by atoms with E-state index in [9.17, 15) is 0 Å². The van der Waals surface area contributed by atoms with Crippen molar-refractivity contribution in [3.05, 3.63) is 88.4 Å². The Morgan fingerprint density at radius 2 is 2.00 bits per heavy atom. The van der Waals surface area contributed by atoms with E-state index in [0.29, 0.717) is 0 Å². The van der Waals surface area contributed by atoms with Crippen LogP contribution in [-0.4, -0.2) is 25.1 Å². The third kappa shape index (κ3) is 2.30. The van der Waals surface area contributed by atoms with Gasteiger partial charge in [-0.25, -0.2) is 15.0 Å². The molecular formula is C20H15N5S. The van der Waals surface area contributed by atoms with Crippen LogP contribution in [0.25, 0.3) is 17.5 Å². The zero-order valence-corrected chi connectivity index (χ0v) is 14.6. The molecule has 5 rings (SSSR count). The molecule has 0 spiro atoms. The Morgan fingerprint density at radius 1 is 1.08 bits per heavy atom. The van der Waals surface area contributed by atoms with Crippen LogP contribution in [0.5, 0.6) is 0 Å². The Labute approximate surface area is 154 Å². The van der Waals surface area contributed by atoms with Crippen molar-refractivity contribution in [3.8, 4) is 11.4 Å². The lowest BCUT2D eigenvalue weighted by Gasteiger charge is -2.33. The lowest BCUT2D eigenvalue weighted by atomic mass is 9.70. The van der Waals surface area contributed by atoms with Gasteiger partial charge >= 0.3 is 0 Å². The number of thiazole rings is 1. The summed E-state index contributed by atoms with van der Waals surface area (Å²) < 4.78 is 0. The van der Waals surface area contributed by atoms with Crippen molar-refractivity contribution in [2.24, 2.45) is 0 Å². The predicted molar refractivity (Wildman–Crippen MR) is 102 cm³/mol. The van der Waals surface area contributed by atoms with Gasteiger partial charge in [0.1, 0.15) is 17.7 Å². The maximum Gasteiger partial charge on any atom is 0.119 e. The van der Waals surface area contributed by atoms with E-state index >= 15 is 0 Å². The molecule has 1 unspecified atom stereocenters. The number of hydrogen-bond acceptors (Lipinski definition) is 5. The van der Waals surface area contributed by atoms with Crippen molar-refractivity contribution >= 4 is 17.4 Å². The first kappa shape index (κ1) is 15.2. The second-order valence-electron chi connectivity index (χ2n) is 6.28. The van der Waals surface area contributed by atoms with E-state index in [0.717, 1.165) is 34.8 Å². The van der Waals surface area contributed by atoms with Crippen LogP contribution in [0, 0.1) is 0 Å². The number of hydrogen-bond donors (Lipinski definition) is 1. The molecule has 0 saturated carbocycles. The average Bonchev–Trinajstić information content (AvgIpc) is 3.38. The van der Waals surface area contributed by atoms with Gasteiger partial charge in [-0.05, 0) is 11.6 Å². The molecule has 1 aliphatic carbocycles. The highest BCUT2D eigenvalue weighted by atomic mass is 32.1. The lowest BCUT2D eigenvalue weighted by Crippen LogP contribution is -2.31. The number of fused-ring (bicyclic) bond motifs is 1. The van der Waals surface area contributed by atoms with Crippen LogP contribution >= 0.6 is 11.3 Å². The topological polar surface area (TPSA) is 67.3 Å². The number of aromatic amines is 1.